The average molecular weight is 335 g/mol. The van der Waals surface area contributed by atoms with Crippen LogP contribution in [0.1, 0.15) is 24.0 Å². The minimum absolute atomic E-state index is 0.137. The number of fused-ring (bicyclic) bond motifs is 1. The van der Waals surface area contributed by atoms with Crippen LogP contribution < -0.4 is 15.4 Å². The van der Waals surface area contributed by atoms with E-state index in [1.54, 1.807) is 7.11 Å². The number of benzene rings is 2. The van der Waals surface area contributed by atoms with Gasteiger partial charge in [-0.15, -0.1) is 0 Å². The summed E-state index contributed by atoms with van der Waals surface area (Å²) in [5.41, 5.74) is 3.93. The Kier molecular flexibility index (Phi) is 4.45. The molecule has 2 aliphatic heterocycles. The minimum Gasteiger partial charge on any atom is -0.497 e. The van der Waals surface area contributed by atoms with Crippen molar-refractivity contribution >= 4 is 11.5 Å². The van der Waals surface area contributed by atoms with Crippen molar-refractivity contribution in [2.45, 2.75) is 25.8 Å². The van der Waals surface area contributed by atoms with E-state index in [2.05, 4.69) is 47.0 Å². The molecule has 4 nitrogen and oxygen atoms in total. The molecule has 0 atom stereocenters. The van der Waals surface area contributed by atoms with Crippen molar-refractivity contribution in [3.8, 4) is 5.75 Å². The highest BCUT2D eigenvalue weighted by Crippen LogP contribution is 2.40. The number of anilines is 1. The maximum absolute atomic E-state index is 5.33. The second kappa shape index (κ2) is 6.89. The summed E-state index contributed by atoms with van der Waals surface area (Å²) in [6, 6.07) is 16.8. The number of aliphatic imine (C=N–C) groups is 1. The molecule has 0 unspecified atom stereocenters. The Morgan fingerprint density at radius 3 is 2.76 bits per heavy atom. The smallest absolute Gasteiger partial charge is 0.119 e. The van der Waals surface area contributed by atoms with Gasteiger partial charge in [0, 0.05) is 11.1 Å². The van der Waals surface area contributed by atoms with Gasteiger partial charge in [-0.1, -0.05) is 30.3 Å². The van der Waals surface area contributed by atoms with Gasteiger partial charge >= 0.3 is 0 Å². The lowest BCUT2D eigenvalue weighted by molar-refractivity contribution is 0.293. The number of amidine groups is 1. The number of hydrogen-bond donors (Lipinski definition) is 2. The number of para-hydroxylation sites is 1. The van der Waals surface area contributed by atoms with E-state index in [0.717, 1.165) is 43.9 Å². The lowest BCUT2D eigenvalue weighted by Crippen LogP contribution is -2.48. The van der Waals surface area contributed by atoms with Crippen molar-refractivity contribution in [2.75, 3.05) is 25.5 Å². The van der Waals surface area contributed by atoms with Crippen LogP contribution in [0.2, 0.25) is 0 Å². The second-order valence-corrected chi connectivity index (χ2v) is 7.01. The summed E-state index contributed by atoms with van der Waals surface area (Å²) in [6.07, 6.45) is 3.34. The van der Waals surface area contributed by atoms with E-state index in [1.165, 1.54) is 16.8 Å². The predicted molar refractivity (Wildman–Crippen MR) is 102 cm³/mol. The number of nitrogens with zero attached hydrogens (tertiary/aromatic N) is 1. The zero-order chi connectivity index (χ0) is 17.1. The highest BCUT2D eigenvalue weighted by molar-refractivity contribution is 6.02. The molecule has 2 N–H and O–H groups in total. The molecule has 2 heterocycles. The van der Waals surface area contributed by atoms with Crippen molar-refractivity contribution < 1.29 is 4.74 Å². The Morgan fingerprint density at radius 1 is 1.08 bits per heavy atom. The number of hydrogen-bond acceptors (Lipinski definition) is 3. The van der Waals surface area contributed by atoms with Gasteiger partial charge in [-0.05, 0) is 61.7 Å². The maximum atomic E-state index is 5.33. The van der Waals surface area contributed by atoms with Crippen molar-refractivity contribution in [3.63, 3.8) is 0 Å². The Bertz CT molecular complexity index is 778. The number of methoxy groups -OCH3 is 1. The van der Waals surface area contributed by atoms with Gasteiger partial charge in [-0.2, -0.15) is 0 Å². The molecule has 0 amide bonds. The molecule has 2 aliphatic rings. The Balaban J connectivity index is 1.65. The first-order valence-electron chi connectivity index (χ1n) is 9.03. The summed E-state index contributed by atoms with van der Waals surface area (Å²) in [7, 11) is 1.70. The summed E-state index contributed by atoms with van der Waals surface area (Å²) in [6.45, 7) is 2.79. The van der Waals surface area contributed by atoms with Gasteiger partial charge in [0.1, 0.15) is 11.6 Å². The van der Waals surface area contributed by atoms with E-state index >= 15 is 0 Å². The first kappa shape index (κ1) is 16.2. The van der Waals surface area contributed by atoms with Crippen LogP contribution in [0.3, 0.4) is 0 Å². The zero-order valence-electron chi connectivity index (χ0n) is 14.7. The number of nitrogens with one attached hydrogen (secondary N) is 2. The maximum Gasteiger partial charge on any atom is 0.119 e. The molecule has 0 bridgehead atoms. The molecule has 2 aromatic carbocycles. The fourth-order valence-corrected chi connectivity index (χ4v) is 3.97. The summed E-state index contributed by atoms with van der Waals surface area (Å²) < 4.78 is 5.33. The molecule has 25 heavy (non-hydrogen) atoms. The number of piperidine rings is 1. The lowest BCUT2D eigenvalue weighted by Gasteiger charge is -2.42. The molecular weight excluding hydrogens is 310 g/mol. The molecule has 4 rings (SSSR count). The molecule has 1 saturated heterocycles. The van der Waals surface area contributed by atoms with E-state index < -0.39 is 0 Å². The van der Waals surface area contributed by atoms with E-state index in [-0.39, 0.29) is 5.41 Å². The standard InChI is InChI=1S/C21H25N3O/c1-25-18-7-4-5-16(13-18)15-23-20-21(9-11-22-12-10-21)14-17-6-2-3-8-19(17)24-20/h2-8,13,22H,9-12,14-15H2,1H3,(H,23,24). The zero-order valence-corrected chi connectivity index (χ0v) is 14.7. The van der Waals surface area contributed by atoms with E-state index in [0.29, 0.717) is 6.54 Å². The van der Waals surface area contributed by atoms with Gasteiger partial charge in [0.2, 0.25) is 0 Å². The highest BCUT2D eigenvalue weighted by atomic mass is 16.5. The molecule has 0 saturated carbocycles. The van der Waals surface area contributed by atoms with Crippen LogP contribution in [0.25, 0.3) is 0 Å². The summed E-state index contributed by atoms with van der Waals surface area (Å²) >= 11 is 0. The quantitative estimate of drug-likeness (QED) is 0.900. The second-order valence-electron chi connectivity index (χ2n) is 7.01. The molecule has 130 valence electrons. The van der Waals surface area contributed by atoms with Crippen LogP contribution in [-0.2, 0) is 13.0 Å². The van der Waals surface area contributed by atoms with Gasteiger partial charge in [-0.3, -0.25) is 4.99 Å². The van der Waals surface area contributed by atoms with Crippen molar-refractivity contribution in [1.82, 2.24) is 5.32 Å². The number of ether oxygens (including phenoxy) is 1. The van der Waals surface area contributed by atoms with Crippen LogP contribution in [0.5, 0.6) is 5.75 Å². The molecule has 2 aromatic rings. The third-order valence-corrected chi connectivity index (χ3v) is 5.42. The van der Waals surface area contributed by atoms with Gasteiger partial charge in [-0.25, -0.2) is 0 Å². The monoisotopic (exact) mass is 335 g/mol. The fraction of sp³-hybridized carbons (Fsp3) is 0.381. The van der Waals surface area contributed by atoms with E-state index in [9.17, 15) is 0 Å². The largest absolute Gasteiger partial charge is 0.497 e. The molecule has 4 heteroatoms. The fourth-order valence-electron chi connectivity index (χ4n) is 3.97. The summed E-state index contributed by atoms with van der Waals surface area (Å²) in [5.74, 6) is 2.03. The summed E-state index contributed by atoms with van der Waals surface area (Å²) in [4.78, 5) is 5.03. The highest BCUT2D eigenvalue weighted by Gasteiger charge is 2.40. The molecule has 1 spiro atoms. The number of rotatable bonds is 3. The SMILES string of the molecule is COc1cccc(CN=C2Nc3ccccc3CC23CCNCC3)c1. The summed E-state index contributed by atoms with van der Waals surface area (Å²) in [5, 5.41) is 7.14. The lowest BCUT2D eigenvalue weighted by atomic mass is 9.71. The van der Waals surface area contributed by atoms with Gasteiger partial charge in [0.15, 0.2) is 0 Å². The third kappa shape index (κ3) is 3.27. The third-order valence-electron chi connectivity index (χ3n) is 5.42. The first-order chi connectivity index (χ1) is 12.3. The minimum atomic E-state index is 0.137. The molecule has 0 aliphatic carbocycles. The van der Waals surface area contributed by atoms with Crippen LogP contribution in [0, 0.1) is 5.41 Å². The van der Waals surface area contributed by atoms with Crippen LogP contribution >= 0.6 is 0 Å². The van der Waals surface area contributed by atoms with Crippen molar-refractivity contribution in [3.05, 3.63) is 59.7 Å². The van der Waals surface area contributed by atoms with Crippen LogP contribution in [0.4, 0.5) is 5.69 Å². The topological polar surface area (TPSA) is 45.6 Å². The van der Waals surface area contributed by atoms with Gasteiger partial charge in [0.05, 0.1) is 13.7 Å². The first-order valence-corrected chi connectivity index (χ1v) is 9.03. The van der Waals surface area contributed by atoms with Crippen LogP contribution in [-0.4, -0.2) is 26.0 Å². The predicted octanol–water partition coefficient (Wildman–Crippen LogP) is 3.63. The van der Waals surface area contributed by atoms with Gasteiger partial charge in [0.25, 0.3) is 0 Å². The van der Waals surface area contributed by atoms with Crippen molar-refractivity contribution in [2.24, 2.45) is 10.4 Å². The van der Waals surface area contributed by atoms with Crippen molar-refractivity contribution in [1.29, 1.82) is 0 Å². The van der Waals surface area contributed by atoms with Gasteiger partial charge < -0.3 is 15.4 Å². The molecular formula is C21H25N3O. The van der Waals surface area contributed by atoms with Crippen LogP contribution in [0.15, 0.2) is 53.5 Å². The normalized spacial score (nSPS) is 20.1. The van der Waals surface area contributed by atoms with E-state index in [1.807, 2.05) is 12.1 Å². The Hall–Kier alpha value is -2.33. The van der Waals surface area contributed by atoms with E-state index in [4.69, 9.17) is 9.73 Å². The Morgan fingerprint density at radius 2 is 1.92 bits per heavy atom. The molecule has 1 fully saturated rings. The average Bonchev–Trinajstić information content (AvgIpc) is 2.67. The molecule has 0 radical (unpaired) electrons. The Labute approximate surface area is 149 Å². The molecule has 0 aromatic heterocycles.